The third-order valence-corrected chi connectivity index (χ3v) is 5.57. The number of benzene rings is 1. The molecule has 1 heterocycles. The second-order valence-electron chi connectivity index (χ2n) is 6.36. The molecule has 114 valence electrons. The number of hydrogen-bond acceptors (Lipinski definition) is 3. The van der Waals surface area contributed by atoms with Crippen LogP contribution in [0.1, 0.15) is 20.3 Å². The van der Waals surface area contributed by atoms with Crippen molar-refractivity contribution in [2.75, 3.05) is 11.9 Å². The summed E-state index contributed by atoms with van der Waals surface area (Å²) in [7, 11) is 0. The van der Waals surface area contributed by atoms with E-state index in [1.165, 1.54) is 0 Å². The maximum atomic E-state index is 12.7. The molecule has 2 fully saturated rings. The van der Waals surface area contributed by atoms with Gasteiger partial charge in [-0.25, -0.2) is 0 Å². The van der Waals surface area contributed by atoms with E-state index in [0.29, 0.717) is 22.3 Å². The number of rotatable bonds is 2. The molecule has 1 saturated carbocycles. The molecule has 3 atom stereocenters. The van der Waals surface area contributed by atoms with Crippen molar-refractivity contribution in [2.24, 2.45) is 17.1 Å². The van der Waals surface area contributed by atoms with Gasteiger partial charge in [-0.05, 0) is 24.6 Å². The lowest BCUT2D eigenvalue weighted by Gasteiger charge is -2.60. The maximum Gasteiger partial charge on any atom is 0.245 e. The number of carbonyl (C=O) groups is 1. The molecule has 3 unspecified atom stereocenters. The van der Waals surface area contributed by atoms with E-state index in [1.54, 1.807) is 18.2 Å². The molecule has 1 saturated heterocycles. The van der Waals surface area contributed by atoms with Gasteiger partial charge in [0.05, 0.1) is 16.8 Å². The minimum Gasteiger partial charge on any atom is -0.377 e. The van der Waals surface area contributed by atoms with Crippen LogP contribution in [0.3, 0.4) is 0 Å². The minimum atomic E-state index is -0.959. The smallest absolute Gasteiger partial charge is 0.245 e. The second kappa shape index (κ2) is 4.85. The van der Waals surface area contributed by atoms with Crippen molar-refractivity contribution in [2.45, 2.75) is 31.9 Å². The van der Waals surface area contributed by atoms with Crippen LogP contribution in [-0.2, 0) is 9.53 Å². The lowest BCUT2D eigenvalue weighted by Crippen LogP contribution is -2.79. The molecule has 1 aliphatic heterocycles. The Morgan fingerprint density at radius 2 is 2.14 bits per heavy atom. The Kier molecular flexibility index (Phi) is 3.49. The summed E-state index contributed by atoms with van der Waals surface area (Å²) in [5.74, 6) is -0.186. The SMILES string of the molecule is CC1(C)C2OCCC2C1(N)C(=O)Nc1cc(Cl)ccc1Cl. The third-order valence-electron chi connectivity index (χ3n) is 5.01. The first-order valence-electron chi connectivity index (χ1n) is 6.95. The average Bonchev–Trinajstić information content (AvgIpc) is 2.90. The summed E-state index contributed by atoms with van der Waals surface area (Å²) in [5.41, 5.74) is 5.59. The van der Waals surface area contributed by atoms with Gasteiger partial charge in [0.25, 0.3) is 0 Å². The number of halogens is 2. The molecule has 2 aliphatic rings. The van der Waals surface area contributed by atoms with Gasteiger partial charge in [0, 0.05) is 23.0 Å². The van der Waals surface area contributed by atoms with E-state index in [4.69, 9.17) is 33.7 Å². The van der Waals surface area contributed by atoms with E-state index in [0.717, 1.165) is 6.42 Å². The summed E-state index contributed by atoms with van der Waals surface area (Å²) >= 11 is 12.0. The summed E-state index contributed by atoms with van der Waals surface area (Å²) in [6.45, 7) is 4.60. The van der Waals surface area contributed by atoms with Gasteiger partial charge in [0.1, 0.15) is 5.54 Å². The van der Waals surface area contributed by atoms with Crippen LogP contribution in [0.2, 0.25) is 10.0 Å². The first-order chi connectivity index (χ1) is 9.78. The standard InChI is InChI=1S/C15H18Cl2N2O2/c1-14(2)12-9(5-6-21-12)15(14,18)13(20)19-11-7-8(16)3-4-10(11)17/h3-4,7,9,12H,5-6,18H2,1-2H3,(H,19,20). The first-order valence-corrected chi connectivity index (χ1v) is 7.71. The van der Waals surface area contributed by atoms with Crippen molar-refractivity contribution >= 4 is 34.8 Å². The highest BCUT2D eigenvalue weighted by Gasteiger charge is 2.71. The van der Waals surface area contributed by atoms with Gasteiger partial charge in [-0.15, -0.1) is 0 Å². The van der Waals surface area contributed by atoms with Crippen LogP contribution in [-0.4, -0.2) is 24.2 Å². The van der Waals surface area contributed by atoms with E-state index in [9.17, 15) is 4.79 Å². The monoisotopic (exact) mass is 328 g/mol. The Bertz CT molecular complexity index is 605. The molecule has 4 nitrogen and oxygen atoms in total. The van der Waals surface area contributed by atoms with Gasteiger partial charge in [-0.1, -0.05) is 37.0 Å². The number of fused-ring (bicyclic) bond motifs is 1. The number of nitrogens with one attached hydrogen (secondary N) is 1. The number of amides is 1. The predicted molar refractivity (Wildman–Crippen MR) is 83.6 cm³/mol. The summed E-state index contributed by atoms with van der Waals surface area (Å²) in [5, 5.41) is 3.77. The van der Waals surface area contributed by atoms with Crippen molar-refractivity contribution in [1.82, 2.24) is 0 Å². The molecule has 0 bridgehead atoms. The van der Waals surface area contributed by atoms with E-state index in [1.807, 2.05) is 13.8 Å². The topological polar surface area (TPSA) is 64.3 Å². The fraction of sp³-hybridized carbons (Fsp3) is 0.533. The van der Waals surface area contributed by atoms with Crippen LogP contribution in [0.15, 0.2) is 18.2 Å². The molecule has 21 heavy (non-hydrogen) atoms. The largest absolute Gasteiger partial charge is 0.377 e. The number of carbonyl (C=O) groups excluding carboxylic acids is 1. The zero-order valence-corrected chi connectivity index (χ0v) is 13.5. The predicted octanol–water partition coefficient (Wildman–Crippen LogP) is 3.07. The van der Waals surface area contributed by atoms with Gasteiger partial charge in [-0.3, -0.25) is 4.79 Å². The number of anilines is 1. The Hall–Kier alpha value is -0.810. The number of ether oxygens (including phenoxy) is 1. The highest BCUT2D eigenvalue weighted by atomic mass is 35.5. The molecule has 3 N–H and O–H groups in total. The van der Waals surface area contributed by atoms with Gasteiger partial charge < -0.3 is 15.8 Å². The summed E-state index contributed by atoms with van der Waals surface area (Å²) in [6.07, 6.45) is 0.851. The Morgan fingerprint density at radius 1 is 1.43 bits per heavy atom. The summed E-state index contributed by atoms with van der Waals surface area (Å²) < 4.78 is 5.70. The van der Waals surface area contributed by atoms with E-state index < -0.39 is 11.0 Å². The molecule has 0 aromatic heterocycles. The van der Waals surface area contributed by atoms with Crippen molar-refractivity contribution in [3.05, 3.63) is 28.2 Å². The number of nitrogens with two attached hydrogens (primary N) is 1. The molecule has 1 aromatic carbocycles. The third kappa shape index (κ3) is 2.00. The molecule has 3 rings (SSSR count). The molecular formula is C15H18Cl2N2O2. The molecule has 1 aromatic rings. The maximum absolute atomic E-state index is 12.7. The molecule has 6 heteroatoms. The first kappa shape index (κ1) is 15.1. The quantitative estimate of drug-likeness (QED) is 0.876. The van der Waals surface area contributed by atoms with Gasteiger partial charge in [0.15, 0.2) is 0 Å². The van der Waals surface area contributed by atoms with Crippen molar-refractivity contribution in [3.63, 3.8) is 0 Å². The molecule has 0 spiro atoms. The van der Waals surface area contributed by atoms with E-state index in [-0.39, 0.29) is 17.9 Å². The summed E-state index contributed by atoms with van der Waals surface area (Å²) in [6, 6.07) is 4.95. The van der Waals surface area contributed by atoms with E-state index in [2.05, 4.69) is 5.32 Å². The van der Waals surface area contributed by atoms with Crippen LogP contribution in [0, 0.1) is 11.3 Å². The summed E-state index contributed by atoms with van der Waals surface area (Å²) in [4.78, 5) is 12.7. The lowest BCUT2D eigenvalue weighted by molar-refractivity contribution is -0.170. The van der Waals surface area contributed by atoms with Crippen LogP contribution in [0.5, 0.6) is 0 Å². The van der Waals surface area contributed by atoms with Crippen LogP contribution in [0.25, 0.3) is 0 Å². The normalized spacial score (nSPS) is 33.2. The van der Waals surface area contributed by atoms with Gasteiger partial charge >= 0.3 is 0 Å². The average molecular weight is 329 g/mol. The molecule has 1 aliphatic carbocycles. The zero-order chi connectivity index (χ0) is 15.4. The highest BCUT2D eigenvalue weighted by molar-refractivity contribution is 6.35. The second-order valence-corrected chi connectivity index (χ2v) is 7.20. The molecule has 0 radical (unpaired) electrons. The van der Waals surface area contributed by atoms with E-state index >= 15 is 0 Å². The van der Waals surface area contributed by atoms with Crippen LogP contribution in [0.4, 0.5) is 5.69 Å². The zero-order valence-electron chi connectivity index (χ0n) is 12.0. The van der Waals surface area contributed by atoms with Crippen molar-refractivity contribution in [3.8, 4) is 0 Å². The van der Waals surface area contributed by atoms with Crippen molar-refractivity contribution < 1.29 is 9.53 Å². The van der Waals surface area contributed by atoms with Gasteiger partial charge in [-0.2, -0.15) is 0 Å². The minimum absolute atomic E-state index is 0.0445. The Labute approximate surface area is 133 Å². The van der Waals surface area contributed by atoms with Crippen LogP contribution >= 0.6 is 23.2 Å². The molecular weight excluding hydrogens is 311 g/mol. The Balaban J connectivity index is 1.87. The van der Waals surface area contributed by atoms with Crippen LogP contribution < -0.4 is 11.1 Å². The number of hydrogen-bond donors (Lipinski definition) is 2. The Morgan fingerprint density at radius 3 is 2.86 bits per heavy atom. The fourth-order valence-electron chi connectivity index (χ4n) is 3.66. The lowest BCUT2D eigenvalue weighted by atomic mass is 9.48. The highest BCUT2D eigenvalue weighted by Crippen LogP contribution is 2.58. The van der Waals surface area contributed by atoms with Crippen molar-refractivity contribution in [1.29, 1.82) is 0 Å². The van der Waals surface area contributed by atoms with Gasteiger partial charge in [0.2, 0.25) is 5.91 Å². The fourth-order valence-corrected chi connectivity index (χ4v) is 4.00. The molecule has 1 amide bonds.